The lowest BCUT2D eigenvalue weighted by Gasteiger charge is -2.00. The number of hydrogen-bond acceptors (Lipinski definition) is 3. The van der Waals surface area contributed by atoms with Crippen molar-refractivity contribution in [3.8, 4) is 28.5 Å². The van der Waals surface area contributed by atoms with E-state index in [0.717, 1.165) is 0 Å². The smallest absolute Gasteiger partial charge is 0.185 e. The molecule has 1 aromatic heterocycles. The molecule has 0 atom stereocenters. The zero-order valence-electron chi connectivity index (χ0n) is 10.1. The number of H-pyrrole nitrogens is 1. The minimum absolute atomic E-state index is 0.0309. The van der Waals surface area contributed by atoms with Crippen molar-refractivity contribution in [1.29, 1.82) is 0 Å². The van der Waals surface area contributed by atoms with Gasteiger partial charge in [0.05, 0.1) is 11.1 Å². The van der Waals surface area contributed by atoms with Gasteiger partial charge in [-0.1, -0.05) is 23.7 Å². The third kappa shape index (κ3) is 2.23. The molecule has 0 aliphatic rings. The summed E-state index contributed by atoms with van der Waals surface area (Å²) >= 11 is 5.77. The number of hydrogen-bond donors (Lipinski definition) is 2. The lowest BCUT2D eigenvalue weighted by molar-refractivity contribution is 0.477. The number of aromatic nitrogens is 3. The van der Waals surface area contributed by atoms with Crippen LogP contribution in [-0.4, -0.2) is 20.3 Å². The second-order valence-corrected chi connectivity index (χ2v) is 4.59. The predicted octanol–water partition coefficient (Wildman–Crippen LogP) is 3.64. The lowest BCUT2D eigenvalue weighted by atomic mass is 10.2. The van der Waals surface area contributed by atoms with E-state index in [1.807, 2.05) is 0 Å². The van der Waals surface area contributed by atoms with Gasteiger partial charge < -0.3 is 5.11 Å². The van der Waals surface area contributed by atoms with E-state index in [-0.39, 0.29) is 11.6 Å². The Bertz CT molecular complexity index is 773. The van der Waals surface area contributed by atoms with Crippen LogP contribution in [0.5, 0.6) is 5.75 Å². The summed E-state index contributed by atoms with van der Waals surface area (Å²) in [5.41, 5.74) is 0.743. The van der Waals surface area contributed by atoms with Crippen molar-refractivity contribution in [2.24, 2.45) is 0 Å². The summed E-state index contributed by atoms with van der Waals surface area (Å²) in [6, 6.07) is 10.9. The van der Waals surface area contributed by atoms with Crippen molar-refractivity contribution in [3.63, 3.8) is 0 Å². The van der Waals surface area contributed by atoms with Gasteiger partial charge >= 0.3 is 0 Å². The largest absolute Gasteiger partial charge is 0.507 e. The number of nitrogens with zero attached hydrogens (tertiary/aromatic N) is 2. The predicted molar refractivity (Wildman–Crippen MR) is 73.9 cm³/mol. The van der Waals surface area contributed by atoms with Crippen molar-refractivity contribution in [2.45, 2.75) is 0 Å². The number of nitrogens with one attached hydrogen (secondary N) is 1. The van der Waals surface area contributed by atoms with E-state index in [1.54, 1.807) is 30.3 Å². The average Bonchev–Trinajstić information content (AvgIpc) is 2.88. The second kappa shape index (κ2) is 4.94. The van der Waals surface area contributed by atoms with Crippen LogP contribution < -0.4 is 0 Å². The molecule has 6 heteroatoms. The van der Waals surface area contributed by atoms with Crippen molar-refractivity contribution >= 4 is 11.6 Å². The molecule has 3 aromatic rings. The Balaban J connectivity index is 2.04. The maximum absolute atomic E-state index is 13.7. The van der Waals surface area contributed by atoms with Gasteiger partial charge in [0.15, 0.2) is 11.6 Å². The third-order valence-electron chi connectivity index (χ3n) is 2.82. The van der Waals surface area contributed by atoms with E-state index < -0.39 is 5.82 Å². The van der Waals surface area contributed by atoms with Gasteiger partial charge in [0, 0.05) is 5.02 Å². The normalized spacial score (nSPS) is 10.7. The summed E-state index contributed by atoms with van der Waals surface area (Å²) in [4.78, 5) is 4.19. The number of aromatic amines is 1. The van der Waals surface area contributed by atoms with E-state index in [9.17, 15) is 9.50 Å². The Kier molecular flexibility index (Phi) is 3.12. The van der Waals surface area contributed by atoms with Gasteiger partial charge in [-0.15, -0.1) is 0 Å². The fourth-order valence-electron chi connectivity index (χ4n) is 1.85. The highest BCUT2D eigenvalue weighted by Crippen LogP contribution is 2.30. The van der Waals surface area contributed by atoms with Crippen LogP contribution in [0.3, 0.4) is 0 Å². The van der Waals surface area contributed by atoms with E-state index in [2.05, 4.69) is 15.2 Å². The van der Waals surface area contributed by atoms with Gasteiger partial charge in [-0.2, -0.15) is 5.10 Å². The molecule has 20 heavy (non-hydrogen) atoms. The van der Waals surface area contributed by atoms with Crippen LogP contribution in [-0.2, 0) is 0 Å². The molecule has 0 fully saturated rings. The quantitative estimate of drug-likeness (QED) is 0.757. The molecule has 2 aromatic carbocycles. The van der Waals surface area contributed by atoms with Gasteiger partial charge in [0.1, 0.15) is 11.6 Å². The molecule has 1 heterocycles. The third-order valence-corrected chi connectivity index (χ3v) is 3.05. The van der Waals surface area contributed by atoms with Crippen molar-refractivity contribution in [3.05, 3.63) is 53.3 Å². The van der Waals surface area contributed by atoms with E-state index >= 15 is 0 Å². The van der Waals surface area contributed by atoms with Crippen LogP contribution in [0.2, 0.25) is 5.02 Å². The molecule has 0 aliphatic heterocycles. The molecule has 0 bridgehead atoms. The molecule has 0 saturated carbocycles. The van der Waals surface area contributed by atoms with Gasteiger partial charge in [-0.05, 0) is 30.3 Å². The summed E-state index contributed by atoms with van der Waals surface area (Å²) in [6.45, 7) is 0. The zero-order valence-corrected chi connectivity index (χ0v) is 10.9. The van der Waals surface area contributed by atoms with E-state index in [0.29, 0.717) is 22.0 Å². The molecule has 0 radical (unpaired) electrons. The number of halogens is 2. The van der Waals surface area contributed by atoms with Crippen LogP contribution in [0.4, 0.5) is 4.39 Å². The molecule has 0 aliphatic carbocycles. The minimum atomic E-state index is -0.393. The maximum atomic E-state index is 13.7. The van der Waals surface area contributed by atoms with Crippen LogP contribution in [0.1, 0.15) is 0 Å². The van der Waals surface area contributed by atoms with Crippen LogP contribution in [0.25, 0.3) is 22.8 Å². The molecular weight excluding hydrogens is 281 g/mol. The molecule has 0 spiro atoms. The SMILES string of the molecule is Oc1cc(Cl)ccc1-c1n[nH]c(-c2ccccc2F)n1. The molecule has 4 nitrogen and oxygen atoms in total. The maximum Gasteiger partial charge on any atom is 0.185 e. The first-order valence-electron chi connectivity index (χ1n) is 5.81. The Morgan fingerprint density at radius 3 is 2.65 bits per heavy atom. The standard InChI is InChI=1S/C14H9ClFN3O/c15-8-5-6-10(12(20)7-8)14-17-13(18-19-14)9-3-1-2-4-11(9)16/h1-7,20H,(H,17,18,19). The zero-order chi connectivity index (χ0) is 14.1. The average molecular weight is 290 g/mol. The van der Waals surface area contributed by atoms with Crippen molar-refractivity contribution in [1.82, 2.24) is 15.2 Å². The Labute approximate surface area is 118 Å². The lowest BCUT2D eigenvalue weighted by Crippen LogP contribution is -1.86. The summed E-state index contributed by atoms with van der Waals surface area (Å²) in [7, 11) is 0. The summed E-state index contributed by atoms with van der Waals surface area (Å²) < 4.78 is 13.7. The Hall–Kier alpha value is -2.40. The molecule has 100 valence electrons. The summed E-state index contributed by atoms with van der Waals surface area (Å²) in [5, 5.41) is 16.9. The number of rotatable bonds is 2. The Morgan fingerprint density at radius 2 is 1.90 bits per heavy atom. The van der Waals surface area contributed by atoms with E-state index in [1.165, 1.54) is 12.1 Å². The highest BCUT2D eigenvalue weighted by Gasteiger charge is 2.13. The molecule has 3 rings (SSSR count). The minimum Gasteiger partial charge on any atom is -0.507 e. The monoisotopic (exact) mass is 289 g/mol. The first kappa shape index (κ1) is 12.6. The highest BCUT2D eigenvalue weighted by molar-refractivity contribution is 6.30. The van der Waals surface area contributed by atoms with E-state index in [4.69, 9.17) is 11.6 Å². The molecule has 0 unspecified atom stereocenters. The fraction of sp³-hybridized carbons (Fsp3) is 0. The number of phenolic OH excluding ortho intramolecular Hbond substituents is 1. The van der Waals surface area contributed by atoms with Crippen LogP contribution in [0.15, 0.2) is 42.5 Å². The van der Waals surface area contributed by atoms with Crippen molar-refractivity contribution in [2.75, 3.05) is 0 Å². The number of benzene rings is 2. The highest BCUT2D eigenvalue weighted by atomic mass is 35.5. The summed E-state index contributed by atoms with van der Waals surface area (Å²) in [6.07, 6.45) is 0. The molecule has 0 amide bonds. The fourth-order valence-corrected chi connectivity index (χ4v) is 2.02. The Morgan fingerprint density at radius 1 is 1.10 bits per heavy atom. The van der Waals surface area contributed by atoms with Gasteiger partial charge in [0.25, 0.3) is 0 Å². The van der Waals surface area contributed by atoms with Gasteiger partial charge in [0.2, 0.25) is 0 Å². The molecule has 2 N–H and O–H groups in total. The molecule has 0 saturated heterocycles. The first-order valence-corrected chi connectivity index (χ1v) is 6.19. The van der Waals surface area contributed by atoms with Gasteiger partial charge in [-0.3, -0.25) is 5.10 Å². The topological polar surface area (TPSA) is 61.8 Å². The first-order chi connectivity index (χ1) is 9.65. The second-order valence-electron chi connectivity index (χ2n) is 4.15. The summed E-state index contributed by atoms with van der Waals surface area (Å²) in [5.74, 6) is 0.150. The van der Waals surface area contributed by atoms with Gasteiger partial charge in [-0.25, -0.2) is 9.37 Å². The van der Waals surface area contributed by atoms with Crippen molar-refractivity contribution < 1.29 is 9.50 Å². The van der Waals surface area contributed by atoms with Crippen LogP contribution in [0, 0.1) is 5.82 Å². The van der Waals surface area contributed by atoms with Crippen LogP contribution >= 0.6 is 11.6 Å². The number of phenols is 1. The number of aromatic hydroxyl groups is 1. The molecular formula is C14H9ClFN3O.